The summed E-state index contributed by atoms with van der Waals surface area (Å²) in [6, 6.07) is 0. The monoisotopic (exact) mass is 238 g/mol. The molecule has 0 unspecified atom stereocenters. The summed E-state index contributed by atoms with van der Waals surface area (Å²) in [6.07, 6.45) is 8.75. The smallest absolute Gasteiger partial charge is 0.0809 e. The molecule has 1 heterocycles. The van der Waals surface area contributed by atoms with E-state index >= 15 is 0 Å². The molecule has 17 heavy (non-hydrogen) atoms. The molecule has 98 valence electrons. The third-order valence-electron chi connectivity index (χ3n) is 4.29. The Balaban J connectivity index is 1.80. The largest absolute Gasteiger partial charge is 0.376 e. The molecular formula is C15H26O2. The molecule has 0 spiro atoms. The highest BCUT2D eigenvalue weighted by Gasteiger charge is 2.32. The average Bonchev–Trinajstić information content (AvgIpc) is 2.80. The van der Waals surface area contributed by atoms with Crippen molar-refractivity contribution in [3.63, 3.8) is 0 Å². The highest BCUT2D eigenvalue weighted by atomic mass is 16.5. The first kappa shape index (κ1) is 13.1. The summed E-state index contributed by atoms with van der Waals surface area (Å²) in [5, 5.41) is 0. The van der Waals surface area contributed by atoms with Crippen LogP contribution in [0.5, 0.6) is 0 Å². The highest BCUT2D eigenvalue weighted by molar-refractivity contribution is 5.05. The van der Waals surface area contributed by atoms with Gasteiger partial charge in [-0.1, -0.05) is 11.6 Å². The minimum Gasteiger partial charge on any atom is -0.376 e. The molecule has 0 saturated carbocycles. The minimum absolute atomic E-state index is 0.0108. The van der Waals surface area contributed by atoms with E-state index in [-0.39, 0.29) is 5.60 Å². The summed E-state index contributed by atoms with van der Waals surface area (Å²) in [5.74, 6) is 0.660. The van der Waals surface area contributed by atoms with Crippen LogP contribution in [0.25, 0.3) is 0 Å². The molecule has 2 nitrogen and oxygen atoms in total. The zero-order valence-electron chi connectivity index (χ0n) is 11.5. The average molecular weight is 238 g/mol. The van der Waals surface area contributed by atoms with Crippen molar-refractivity contribution in [1.29, 1.82) is 0 Å². The number of ether oxygens (including phenoxy) is 2. The van der Waals surface area contributed by atoms with E-state index in [4.69, 9.17) is 9.47 Å². The fourth-order valence-electron chi connectivity index (χ4n) is 2.80. The van der Waals surface area contributed by atoms with Gasteiger partial charge >= 0.3 is 0 Å². The molecule has 0 aromatic carbocycles. The number of hydrogen-bond donors (Lipinski definition) is 0. The van der Waals surface area contributed by atoms with Gasteiger partial charge in [0.2, 0.25) is 0 Å². The Labute approximate surface area is 105 Å². The van der Waals surface area contributed by atoms with Crippen molar-refractivity contribution in [2.75, 3.05) is 13.2 Å². The molecule has 0 bridgehead atoms. The van der Waals surface area contributed by atoms with E-state index < -0.39 is 0 Å². The molecule has 2 atom stereocenters. The van der Waals surface area contributed by atoms with Crippen molar-refractivity contribution in [2.24, 2.45) is 5.92 Å². The maximum absolute atomic E-state index is 6.13. The standard InChI is InChI=1S/C15H26O2/c1-12-6-8-13(9-7-12)15(2,3)17-11-14-5-4-10-16-14/h6,13-14H,4-5,7-11H2,1-3H3/t13-,14-/m1/s1. The summed E-state index contributed by atoms with van der Waals surface area (Å²) < 4.78 is 11.7. The SMILES string of the molecule is CC1=CC[C@@H](C(C)(C)OC[C@H]2CCCO2)CC1. The first-order valence-electron chi connectivity index (χ1n) is 6.99. The molecular weight excluding hydrogens is 212 g/mol. The number of allylic oxidation sites excluding steroid dienone is 2. The maximum atomic E-state index is 6.13. The lowest BCUT2D eigenvalue weighted by Crippen LogP contribution is -2.37. The molecule has 2 rings (SSSR count). The van der Waals surface area contributed by atoms with Crippen LogP contribution in [-0.4, -0.2) is 24.9 Å². The predicted molar refractivity (Wildman–Crippen MR) is 70.1 cm³/mol. The van der Waals surface area contributed by atoms with E-state index in [2.05, 4.69) is 26.8 Å². The lowest BCUT2D eigenvalue weighted by atomic mass is 9.79. The van der Waals surface area contributed by atoms with Crippen molar-refractivity contribution in [3.05, 3.63) is 11.6 Å². The van der Waals surface area contributed by atoms with Gasteiger partial charge in [-0.05, 0) is 58.8 Å². The van der Waals surface area contributed by atoms with Gasteiger partial charge in [-0.2, -0.15) is 0 Å². The summed E-state index contributed by atoms with van der Waals surface area (Å²) >= 11 is 0. The molecule has 1 aliphatic heterocycles. The first-order valence-corrected chi connectivity index (χ1v) is 6.99. The molecule has 0 N–H and O–H groups in total. The van der Waals surface area contributed by atoms with Crippen molar-refractivity contribution in [1.82, 2.24) is 0 Å². The van der Waals surface area contributed by atoms with E-state index in [1.54, 1.807) is 0 Å². The van der Waals surface area contributed by atoms with Gasteiger partial charge in [-0.25, -0.2) is 0 Å². The van der Waals surface area contributed by atoms with E-state index in [1.807, 2.05) is 0 Å². The van der Waals surface area contributed by atoms with Crippen LogP contribution in [0.15, 0.2) is 11.6 Å². The second-order valence-electron chi connectivity index (χ2n) is 6.07. The zero-order chi connectivity index (χ0) is 12.3. The molecule has 1 saturated heterocycles. The Morgan fingerprint density at radius 1 is 1.41 bits per heavy atom. The van der Waals surface area contributed by atoms with Gasteiger partial charge in [0.25, 0.3) is 0 Å². The molecule has 1 aliphatic carbocycles. The van der Waals surface area contributed by atoms with E-state index in [9.17, 15) is 0 Å². The van der Waals surface area contributed by atoms with Gasteiger partial charge in [0, 0.05) is 6.61 Å². The first-order chi connectivity index (χ1) is 8.08. The molecule has 2 heteroatoms. The third-order valence-corrected chi connectivity index (χ3v) is 4.29. The zero-order valence-corrected chi connectivity index (χ0v) is 11.5. The Bertz CT molecular complexity index is 275. The quantitative estimate of drug-likeness (QED) is 0.695. The molecule has 1 fully saturated rings. The van der Waals surface area contributed by atoms with Crippen LogP contribution in [0.2, 0.25) is 0 Å². The van der Waals surface area contributed by atoms with Gasteiger partial charge in [0.05, 0.1) is 18.3 Å². The minimum atomic E-state index is -0.0108. The fourth-order valence-corrected chi connectivity index (χ4v) is 2.80. The van der Waals surface area contributed by atoms with Crippen molar-refractivity contribution >= 4 is 0 Å². The summed E-state index contributed by atoms with van der Waals surface area (Å²) in [4.78, 5) is 0. The van der Waals surface area contributed by atoms with Gasteiger partial charge in [0.15, 0.2) is 0 Å². The van der Waals surface area contributed by atoms with Crippen LogP contribution < -0.4 is 0 Å². The van der Waals surface area contributed by atoms with Gasteiger partial charge in [-0.15, -0.1) is 0 Å². The van der Waals surface area contributed by atoms with Crippen LogP contribution in [0.3, 0.4) is 0 Å². The van der Waals surface area contributed by atoms with Crippen LogP contribution in [0, 0.1) is 5.92 Å². The maximum Gasteiger partial charge on any atom is 0.0809 e. The Hall–Kier alpha value is -0.340. The van der Waals surface area contributed by atoms with Crippen LogP contribution in [0.1, 0.15) is 52.9 Å². The predicted octanol–water partition coefficient (Wildman–Crippen LogP) is 3.71. The summed E-state index contributed by atoms with van der Waals surface area (Å²) in [6.45, 7) is 8.39. The highest BCUT2D eigenvalue weighted by Crippen LogP contribution is 2.34. The van der Waals surface area contributed by atoms with Gasteiger partial charge in [0.1, 0.15) is 0 Å². The normalized spacial score (nSPS) is 30.4. The van der Waals surface area contributed by atoms with Crippen molar-refractivity contribution in [3.8, 4) is 0 Å². The fraction of sp³-hybridized carbons (Fsp3) is 0.867. The molecule has 2 aliphatic rings. The van der Waals surface area contributed by atoms with Gasteiger partial charge in [-0.3, -0.25) is 0 Å². The Morgan fingerprint density at radius 3 is 2.82 bits per heavy atom. The van der Waals surface area contributed by atoms with Crippen molar-refractivity contribution < 1.29 is 9.47 Å². The lowest BCUT2D eigenvalue weighted by Gasteiger charge is -2.36. The van der Waals surface area contributed by atoms with E-state index in [1.165, 1.54) is 37.7 Å². The Kier molecular flexibility index (Phi) is 4.26. The van der Waals surface area contributed by atoms with E-state index in [0.29, 0.717) is 12.0 Å². The molecule has 0 aromatic heterocycles. The molecule has 0 amide bonds. The second-order valence-corrected chi connectivity index (χ2v) is 6.07. The molecule has 0 aromatic rings. The van der Waals surface area contributed by atoms with Crippen molar-refractivity contribution in [2.45, 2.75) is 64.6 Å². The van der Waals surface area contributed by atoms with Crippen LogP contribution in [-0.2, 0) is 9.47 Å². The lowest BCUT2D eigenvalue weighted by molar-refractivity contribution is -0.0962. The van der Waals surface area contributed by atoms with Crippen LogP contribution in [0.4, 0.5) is 0 Å². The summed E-state index contributed by atoms with van der Waals surface area (Å²) in [5.41, 5.74) is 1.53. The topological polar surface area (TPSA) is 18.5 Å². The summed E-state index contributed by atoms with van der Waals surface area (Å²) in [7, 11) is 0. The number of hydrogen-bond acceptors (Lipinski definition) is 2. The van der Waals surface area contributed by atoms with Crippen LogP contribution >= 0.6 is 0 Å². The Morgan fingerprint density at radius 2 is 2.24 bits per heavy atom. The number of rotatable bonds is 4. The third kappa shape index (κ3) is 3.56. The van der Waals surface area contributed by atoms with Gasteiger partial charge < -0.3 is 9.47 Å². The molecule has 0 radical (unpaired) electrons. The second kappa shape index (κ2) is 5.53. The van der Waals surface area contributed by atoms with E-state index in [0.717, 1.165) is 13.2 Å².